The van der Waals surface area contributed by atoms with Crippen molar-refractivity contribution in [2.24, 2.45) is 0 Å². The second kappa shape index (κ2) is 4.15. The Hall–Kier alpha value is -0.930. The number of halogens is 2. The van der Waals surface area contributed by atoms with E-state index in [4.69, 9.17) is 10.0 Å². The average Bonchev–Trinajstić information content (AvgIpc) is 2.21. The summed E-state index contributed by atoms with van der Waals surface area (Å²) in [6.45, 7) is 2.86. The second-order valence-electron chi connectivity index (χ2n) is 3.75. The summed E-state index contributed by atoms with van der Waals surface area (Å²) in [5.74, 6) is -0.492. The van der Waals surface area contributed by atoms with Crippen LogP contribution in [0.25, 0.3) is 0 Å². The maximum atomic E-state index is 13.0. The smallest absolute Gasteiger partial charge is 0.139 e. The van der Waals surface area contributed by atoms with Crippen LogP contribution in [0.4, 0.5) is 4.39 Å². The van der Waals surface area contributed by atoms with E-state index in [0.29, 0.717) is 0 Å². The Balaban J connectivity index is 3.41. The van der Waals surface area contributed by atoms with Crippen LogP contribution >= 0.6 is 15.9 Å². The molecule has 0 amide bonds. The molecular formula is C10H10BrFN2OS. The fraction of sp³-hybridized carbons (Fsp3) is 0.300. The molecule has 1 N–H and O–H groups in total. The molecule has 0 saturated heterocycles. The SMILES string of the molecule is CC(C)(C#N)S(=N)(=O)c1ccc(F)c(Br)c1. The van der Waals surface area contributed by atoms with Crippen molar-refractivity contribution in [3.8, 4) is 6.07 Å². The Morgan fingerprint density at radius 2 is 2.12 bits per heavy atom. The van der Waals surface area contributed by atoms with E-state index in [2.05, 4.69) is 15.9 Å². The summed E-state index contributed by atoms with van der Waals surface area (Å²) < 4.78 is 31.8. The summed E-state index contributed by atoms with van der Waals surface area (Å²) in [4.78, 5) is 0.146. The van der Waals surface area contributed by atoms with Crippen molar-refractivity contribution in [3.05, 3.63) is 28.5 Å². The van der Waals surface area contributed by atoms with Crippen molar-refractivity contribution in [3.63, 3.8) is 0 Å². The fourth-order valence-corrected chi connectivity index (χ4v) is 2.81. The molecule has 1 aromatic rings. The monoisotopic (exact) mass is 304 g/mol. The van der Waals surface area contributed by atoms with Crippen molar-refractivity contribution in [2.45, 2.75) is 23.5 Å². The van der Waals surface area contributed by atoms with Gasteiger partial charge >= 0.3 is 0 Å². The van der Waals surface area contributed by atoms with Gasteiger partial charge in [-0.15, -0.1) is 0 Å². The molecule has 6 heteroatoms. The lowest BCUT2D eigenvalue weighted by Gasteiger charge is -2.19. The molecule has 16 heavy (non-hydrogen) atoms. The molecule has 1 rings (SSSR count). The van der Waals surface area contributed by atoms with E-state index in [1.54, 1.807) is 0 Å². The molecule has 0 aliphatic rings. The number of benzene rings is 1. The number of hydrogen-bond acceptors (Lipinski definition) is 3. The van der Waals surface area contributed by atoms with Gasteiger partial charge in [-0.2, -0.15) is 5.26 Å². The summed E-state index contributed by atoms with van der Waals surface area (Å²) >= 11 is 2.96. The molecule has 0 spiro atoms. The minimum atomic E-state index is -3.29. The van der Waals surface area contributed by atoms with E-state index in [-0.39, 0.29) is 9.37 Å². The van der Waals surface area contributed by atoms with Crippen LogP contribution in [0.3, 0.4) is 0 Å². The van der Waals surface area contributed by atoms with Crippen LogP contribution in [-0.4, -0.2) is 8.96 Å². The Kier molecular flexibility index (Phi) is 3.41. The van der Waals surface area contributed by atoms with E-state index < -0.39 is 20.3 Å². The van der Waals surface area contributed by atoms with E-state index in [1.807, 2.05) is 6.07 Å². The molecule has 0 aliphatic heterocycles. The Labute approximate surface area is 102 Å². The molecular weight excluding hydrogens is 295 g/mol. The van der Waals surface area contributed by atoms with E-state index in [0.717, 1.165) is 6.07 Å². The number of rotatable bonds is 2. The van der Waals surface area contributed by atoms with Crippen LogP contribution in [0.1, 0.15) is 13.8 Å². The first-order valence-corrected chi connectivity index (χ1v) is 6.72. The second-order valence-corrected chi connectivity index (χ2v) is 7.21. The minimum absolute atomic E-state index is 0.138. The van der Waals surface area contributed by atoms with Gasteiger partial charge in [-0.1, -0.05) is 0 Å². The average molecular weight is 305 g/mol. The lowest BCUT2D eigenvalue weighted by molar-refractivity contribution is 0.618. The Morgan fingerprint density at radius 1 is 1.56 bits per heavy atom. The summed E-state index contributed by atoms with van der Waals surface area (Å²) in [6, 6.07) is 5.52. The molecule has 3 nitrogen and oxygen atoms in total. The molecule has 0 bridgehead atoms. The molecule has 0 heterocycles. The molecule has 86 valence electrons. The van der Waals surface area contributed by atoms with Gasteiger partial charge in [-0.3, -0.25) is 0 Å². The van der Waals surface area contributed by atoms with Crippen molar-refractivity contribution in [1.29, 1.82) is 10.0 Å². The summed E-state index contributed by atoms with van der Waals surface area (Å²) in [7, 11) is -3.29. The van der Waals surface area contributed by atoms with E-state index in [9.17, 15) is 8.60 Å². The molecule has 0 radical (unpaired) electrons. The first-order valence-electron chi connectivity index (χ1n) is 4.37. The first-order chi connectivity index (χ1) is 7.22. The predicted molar refractivity (Wildman–Crippen MR) is 62.9 cm³/mol. The highest BCUT2D eigenvalue weighted by atomic mass is 79.9. The molecule has 0 saturated carbocycles. The topological polar surface area (TPSA) is 64.7 Å². The lowest BCUT2D eigenvalue weighted by Crippen LogP contribution is -2.28. The maximum absolute atomic E-state index is 13.0. The van der Waals surface area contributed by atoms with Gasteiger partial charge in [0.2, 0.25) is 0 Å². The highest BCUT2D eigenvalue weighted by molar-refractivity contribution is 9.10. The van der Waals surface area contributed by atoms with Crippen LogP contribution in [0.5, 0.6) is 0 Å². The third-order valence-electron chi connectivity index (χ3n) is 2.21. The highest BCUT2D eigenvalue weighted by Crippen LogP contribution is 2.28. The summed E-state index contributed by atoms with van der Waals surface area (Å²) in [6.07, 6.45) is 0. The van der Waals surface area contributed by atoms with Gasteiger partial charge in [-0.05, 0) is 48.0 Å². The Morgan fingerprint density at radius 3 is 2.56 bits per heavy atom. The van der Waals surface area contributed by atoms with Gasteiger partial charge in [0.25, 0.3) is 0 Å². The van der Waals surface area contributed by atoms with Gasteiger partial charge < -0.3 is 0 Å². The van der Waals surface area contributed by atoms with Crippen LogP contribution in [0, 0.1) is 21.9 Å². The van der Waals surface area contributed by atoms with Crippen LogP contribution < -0.4 is 0 Å². The molecule has 0 fully saturated rings. The molecule has 0 aliphatic carbocycles. The number of nitrogens with one attached hydrogen (secondary N) is 1. The van der Waals surface area contributed by atoms with Crippen LogP contribution in [0.2, 0.25) is 0 Å². The van der Waals surface area contributed by atoms with Crippen LogP contribution in [0.15, 0.2) is 27.6 Å². The zero-order chi connectivity index (χ0) is 12.6. The minimum Gasteiger partial charge on any atom is -0.248 e. The lowest BCUT2D eigenvalue weighted by atomic mass is 10.2. The Bertz CT molecular complexity index is 561. The maximum Gasteiger partial charge on any atom is 0.139 e. The van der Waals surface area contributed by atoms with Gasteiger partial charge in [0.05, 0.1) is 25.2 Å². The zero-order valence-corrected chi connectivity index (χ0v) is 11.2. The van der Waals surface area contributed by atoms with Crippen molar-refractivity contribution < 1.29 is 8.60 Å². The predicted octanol–water partition coefficient (Wildman–Crippen LogP) is 3.30. The number of nitriles is 1. The highest BCUT2D eigenvalue weighted by Gasteiger charge is 2.32. The summed E-state index contributed by atoms with van der Waals surface area (Å²) in [5, 5.41) is 8.88. The zero-order valence-electron chi connectivity index (χ0n) is 8.75. The standard InChI is InChI=1S/C10H10BrFN2OS/c1-10(2,6-13)16(14,15)7-3-4-9(12)8(11)5-7/h3-5,14H,1-2H3. The third kappa shape index (κ3) is 2.11. The van der Waals surface area contributed by atoms with Crippen molar-refractivity contribution in [2.75, 3.05) is 0 Å². The first kappa shape index (κ1) is 13.1. The van der Waals surface area contributed by atoms with Gasteiger partial charge in [-0.25, -0.2) is 13.4 Å². The van der Waals surface area contributed by atoms with Gasteiger partial charge in [0.1, 0.15) is 10.6 Å². The molecule has 1 aromatic carbocycles. The van der Waals surface area contributed by atoms with Gasteiger partial charge in [0.15, 0.2) is 0 Å². The van der Waals surface area contributed by atoms with Crippen molar-refractivity contribution >= 4 is 25.7 Å². The van der Waals surface area contributed by atoms with E-state index >= 15 is 0 Å². The number of hydrogen-bond donors (Lipinski definition) is 1. The largest absolute Gasteiger partial charge is 0.248 e. The molecule has 0 aromatic heterocycles. The van der Waals surface area contributed by atoms with Crippen molar-refractivity contribution in [1.82, 2.24) is 0 Å². The fourth-order valence-electron chi connectivity index (χ4n) is 1.01. The van der Waals surface area contributed by atoms with Crippen LogP contribution in [-0.2, 0) is 9.73 Å². The summed E-state index contributed by atoms with van der Waals surface area (Å²) in [5.41, 5.74) is 0. The van der Waals surface area contributed by atoms with E-state index in [1.165, 1.54) is 26.0 Å². The van der Waals surface area contributed by atoms with Gasteiger partial charge in [0, 0.05) is 0 Å². The number of nitrogens with zero attached hydrogens (tertiary/aromatic N) is 1. The molecule has 1 atom stereocenters. The third-order valence-corrected chi connectivity index (χ3v) is 5.26. The quantitative estimate of drug-likeness (QED) is 0.911. The molecule has 1 unspecified atom stereocenters. The normalized spacial score (nSPS) is 15.2.